The van der Waals surface area contributed by atoms with Crippen molar-refractivity contribution in [3.63, 3.8) is 0 Å². The molecule has 4 nitrogen and oxygen atoms in total. The van der Waals surface area contributed by atoms with E-state index in [0.29, 0.717) is 6.07 Å². The van der Waals surface area contributed by atoms with Gasteiger partial charge in [0, 0.05) is 0 Å². The molecule has 0 amide bonds. The van der Waals surface area contributed by atoms with E-state index < -0.39 is 28.7 Å². The van der Waals surface area contributed by atoms with Crippen LogP contribution in [0.3, 0.4) is 0 Å². The molecule has 1 aromatic carbocycles. The van der Waals surface area contributed by atoms with Crippen LogP contribution in [0.25, 0.3) is 0 Å². The molecule has 0 radical (unpaired) electrons. The second-order valence-electron chi connectivity index (χ2n) is 4.55. The molecule has 1 atom stereocenters. The Balaban J connectivity index is 2.45. The average Bonchev–Trinajstić information content (AvgIpc) is 2.79. The zero-order valence-corrected chi connectivity index (χ0v) is 10.4. The lowest BCUT2D eigenvalue weighted by Gasteiger charge is -2.27. The Hall–Kier alpha value is -1.96. The molecular formula is C12H11F4N3O. The van der Waals surface area contributed by atoms with E-state index >= 15 is 0 Å². The van der Waals surface area contributed by atoms with E-state index in [2.05, 4.69) is 10.1 Å². The standard InChI is InChI=1S/C12H11F4N3O/c1-11(20,5-19-7-17-6-18-19)9-3-2-8(13)4-10(9)12(14,15)16/h2-4,6-7,20H,5H2,1H3. The summed E-state index contributed by atoms with van der Waals surface area (Å²) in [5.41, 5.74) is -3.49. The van der Waals surface area contributed by atoms with Crippen molar-refractivity contribution in [1.82, 2.24) is 14.8 Å². The molecule has 0 aliphatic carbocycles. The zero-order chi connectivity index (χ0) is 15.0. The topological polar surface area (TPSA) is 50.9 Å². The number of alkyl halides is 3. The highest BCUT2D eigenvalue weighted by Gasteiger charge is 2.39. The number of rotatable bonds is 3. The molecule has 1 aromatic heterocycles. The molecule has 0 aliphatic heterocycles. The smallest absolute Gasteiger partial charge is 0.383 e. The Kier molecular flexibility index (Phi) is 3.51. The van der Waals surface area contributed by atoms with E-state index in [9.17, 15) is 22.7 Å². The molecule has 0 saturated heterocycles. The number of aromatic nitrogens is 3. The lowest BCUT2D eigenvalue weighted by Crippen LogP contribution is -2.31. The Morgan fingerprint density at radius 2 is 1.95 bits per heavy atom. The molecule has 0 spiro atoms. The van der Waals surface area contributed by atoms with Gasteiger partial charge in [-0.25, -0.2) is 14.1 Å². The minimum atomic E-state index is -4.76. The lowest BCUT2D eigenvalue weighted by atomic mass is 9.91. The van der Waals surface area contributed by atoms with Crippen LogP contribution in [0.15, 0.2) is 30.9 Å². The zero-order valence-electron chi connectivity index (χ0n) is 10.4. The predicted molar refractivity (Wildman–Crippen MR) is 61.0 cm³/mol. The van der Waals surface area contributed by atoms with Gasteiger partial charge in [0.15, 0.2) is 0 Å². The first-order valence-corrected chi connectivity index (χ1v) is 5.62. The van der Waals surface area contributed by atoms with Gasteiger partial charge in [0.25, 0.3) is 0 Å². The molecule has 2 rings (SSSR count). The molecule has 1 unspecified atom stereocenters. The lowest BCUT2D eigenvalue weighted by molar-refractivity contribution is -0.141. The molecule has 1 N–H and O–H groups in total. The number of hydrogen-bond acceptors (Lipinski definition) is 3. The fourth-order valence-electron chi connectivity index (χ4n) is 1.94. The maximum Gasteiger partial charge on any atom is 0.416 e. The quantitative estimate of drug-likeness (QED) is 0.882. The monoisotopic (exact) mass is 289 g/mol. The first kappa shape index (κ1) is 14.4. The summed E-state index contributed by atoms with van der Waals surface area (Å²) in [4.78, 5) is 3.64. The van der Waals surface area contributed by atoms with Gasteiger partial charge in [0.05, 0.1) is 12.1 Å². The van der Waals surface area contributed by atoms with Crippen molar-refractivity contribution in [2.24, 2.45) is 0 Å². The first-order chi connectivity index (χ1) is 9.20. The van der Waals surface area contributed by atoms with Crippen molar-refractivity contribution in [1.29, 1.82) is 0 Å². The minimum absolute atomic E-state index is 0.234. The number of benzene rings is 1. The van der Waals surface area contributed by atoms with Gasteiger partial charge in [-0.2, -0.15) is 18.3 Å². The third-order valence-corrected chi connectivity index (χ3v) is 2.80. The van der Waals surface area contributed by atoms with Crippen LogP contribution in [0.1, 0.15) is 18.1 Å². The third-order valence-electron chi connectivity index (χ3n) is 2.80. The van der Waals surface area contributed by atoms with Crippen LogP contribution in [-0.4, -0.2) is 19.9 Å². The van der Waals surface area contributed by atoms with Gasteiger partial charge in [0.1, 0.15) is 24.1 Å². The fraction of sp³-hybridized carbons (Fsp3) is 0.333. The van der Waals surface area contributed by atoms with Gasteiger partial charge in [-0.15, -0.1) is 0 Å². The van der Waals surface area contributed by atoms with E-state index in [0.717, 1.165) is 12.1 Å². The Labute approximate surface area is 111 Å². The summed E-state index contributed by atoms with van der Waals surface area (Å²) in [6.07, 6.45) is -2.29. The maximum atomic E-state index is 13.0. The molecule has 1 heterocycles. The van der Waals surface area contributed by atoms with Gasteiger partial charge in [-0.3, -0.25) is 0 Å². The van der Waals surface area contributed by atoms with E-state index in [1.807, 2.05) is 0 Å². The van der Waals surface area contributed by atoms with Crippen LogP contribution in [0, 0.1) is 5.82 Å². The summed E-state index contributed by atoms with van der Waals surface area (Å²) in [5.74, 6) is -1.02. The van der Waals surface area contributed by atoms with Crippen LogP contribution in [0.4, 0.5) is 17.6 Å². The number of hydrogen-bond donors (Lipinski definition) is 1. The predicted octanol–water partition coefficient (Wildman–Crippen LogP) is 2.34. The highest BCUT2D eigenvalue weighted by Crippen LogP contribution is 2.37. The number of nitrogens with zero attached hydrogens (tertiary/aromatic N) is 3. The summed E-state index contributed by atoms with van der Waals surface area (Å²) in [7, 11) is 0. The summed E-state index contributed by atoms with van der Waals surface area (Å²) >= 11 is 0. The van der Waals surface area contributed by atoms with Gasteiger partial charge in [-0.1, -0.05) is 6.07 Å². The molecular weight excluding hydrogens is 278 g/mol. The highest BCUT2D eigenvalue weighted by atomic mass is 19.4. The summed E-state index contributed by atoms with van der Waals surface area (Å²) in [5, 5.41) is 14.0. The molecule has 108 valence electrons. The van der Waals surface area contributed by atoms with E-state index in [-0.39, 0.29) is 6.54 Å². The summed E-state index contributed by atoms with van der Waals surface area (Å²) < 4.78 is 53.0. The van der Waals surface area contributed by atoms with E-state index in [1.165, 1.54) is 24.3 Å². The van der Waals surface area contributed by atoms with Crippen molar-refractivity contribution >= 4 is 0 Å². The van der Waals surface area contributed by atoms with Crippen molar-refractivity contribution in [2.75, 3.05) is 0 Å². The van der Waals surface area contributed by atoms with Crippen LogP contribution < -0.4 is 0 Å². The Morgan fingerprint density at radius 1 is 1.25 bits per heavy atom. The molecule has 0 bridgehead atoms. The molecule has 0 saturated carbocycles. The van der Waals surface area contributed by atoms with Crippen molar-refractivity contribution in [2.45, 2.75) is 25.2 Å². The normalized spacial score (nSPS) is 15.1. The Morgan fingerprint density at radius 3 is 2.50 bits per heavy atom. The van der Waals surface area contributed by atoms with Crippen molar-refractivity contribution in [3.8, 4) is 0 Å². The molecule has 20 heavy (non-hydrogen) atoms. The largest absolute Gasteiger partial charge is 0.416 e. The van der Waals surface area contributed by atoms with E-state index in [1.54, 1.807) is 0 Å². The highest BCUT2D eigenvalue weighted by molar-refractivity contribution is 5.34. The van der Waals surface area contributed by atoms with Crippen molar-refractivity contribution in [3.05, 3.63) is 47.8 Å². The number of aliphatic hydroxyl groups is 1. The Bertz CT molecular complexity index is 593. The van der Waals surface area contributed by atoms with Gasteiger partial charge >= 0.3 is 6.18 Å². The van der Waals surface area contributed by atoms with Crippen LogP contribution >= 0.6 is 0 Å². The van der Waals surface area contributed by atoms with Gasteiger partial charge < -0.3 is 5.11 Å². The fourth-order valence-corrected chi connectivity index (χ4v) is 1.94. The molecule has 2 aromatic rings. The molecule has 0 aliphatic rings. The van der Waals surface area contributed by atoms with Crippen molar-refractivity contribution < 1.29 is 22.7 Å². The summed E-state index contributed by atoms with van der Waals surface area (Å²) in [6, 6.07) is 2.17. The van der Waals surface area contributed by atoms with Gasteiger partial charge in [0.2, 0.25) is 0 Å². The summed E-state index contributed by atoms with van der Waals surface area (Å²) in [6.45, 7) is 0.971. The second-order valence-corrected chi connectivity index (χ2v) is 4.55. The second kappa shape index (κ2) is 4.86. The average molecular weight is 289 g/mol. The van der Waals surface area contributed by atoms with Crippen LogP contribution in [0.5, 0.6) is 0 Å². The molecule has 8 heteroatoms. The first-order valence-electron chi connectivity index (χ1n) is 5.62. The SMILES string of the molecule is CC(O)(Cn1cncn1)c1ccc(F)cc1C(F)(F)F. The number of halogens is 4. The minimum Gasteiger partial charge on any atom is -0.383 e. The maximum absolute atomic E-state index is 13.0. The third kappa shape index (κ3) is 2.96. The van der Waals surface area contributed by atoms with Gasteiger partial charge in [-0.05, 0) is 24.6 Å². The van der Waals surface area contributed by atoms with E-state index in [4.69, 9.17) is 0 Å². The van der Waals surface area contributed by atoms with Crippen LogP contribution in [-0.2, 0) is 18.3 Å². The van der Waals surface area contributed by atoms with Crippen LogP contribution in [0.2, 0.25) is 0 Å². The molecule has 0 fully saturated rings.